The number of Topliss-reactive ketones (excluding diaryl/α,β-unsaturated/α-hetero) is 3. The molecule has 43 heavy (non-hydrogen) atoms. The summed E-state index contributed by atoms with van der Waals surface area (Å²) in [5.41, 5.74) is 3.01. The first-order valence-corrected chi connectivity index (χ1v) is 15.1. The number of halogens is 1. The number of aliphatic hydroxyl groups is 1. The zero-order valence-corrected chi connectivity index (χ0v) is 24.0. The van der Waals surface area contributed by atoms with Crippen LogP contribution in [0.15, 0.2) is 114 Å². The third-order valence-electron chi connectivity index (χ3n) is 10.0. The van der Waals surface area contributed by atoms with Gasteiger partial charge >= 0.3 is 0 Å². The van der Waals surface area contributed by atoms with E-state index in [-0.39, 0.29) is 28.8 Å². The fourth-order valence-corrected chi connectivity index (χ4v) is 8.59. The van der Waals surface area contributed by atoms with Gasteiger partial charge in [0, 0.05) is 59.1 Å². The van der Waals surface area contributed by atoms with E-state index in [1.165, 1.54) is 0 Å². The van der Waals surface area contributed by atoms with E-state index in [2.05, 4.69) is 17.0 Å². The molecule has 0 radical (unpaired) electrons. The largest absolute Gasteiger partial charge is 0.384 e. The minimum absolute atomic E-state index is 0.106. The Morgan fingerprint density at radius 1 is 0.767 bits per heavy atom. The van der Waals surface area contributed by atoms with Gasteiger partial charge < -0.3 is 5.11 Å². The molecule has 2 fully saturated rings. The first-order chi connectivity index (χ1) is 20.9. The van der Waals surface area contributed by atoms with E-state index < -0.39 is 23.4 Å². The van der Waals surface area contributed by atoms with Crippen molar-refractivity contribution >= 4 is 29.0 Å². The molecule has 4 aromatic rings. The van der Waals surface area contributed by atoms with E-state index in [9.17, 15) is 19.5 Å². The van der Waals surface area contributed by atoms with Gasteiger partial charge in [0.05, 0.1) is 11.5 Å². The Labute approximate surface area is 254 Å². The van der Waals surface area contributed by atoms with E-state index in [1.807, 2.05) is 54.6 Å². The number of fused-ring (bicyclic) bond motifs is 7. The molecule has 2 bridgehead atoms. The highest BCUT2D eigenvalue weighted by atomic mass is 35.5. The molecule has 1 aliphatic heterocycles. The molecule has 1 heterocycles. The molecular formula is C37H28ClNO4. The van der Waals surface area contributed by atoms with Crippen LogP contribution in [0, 0.1) is 17.8 Å². The molecule has 4 aromatic carbocycles. The van der Waals surface area contributed by atoms with Crippen molar-refractivity contribution in [1.82, 2.24) is 4.90 Å². The van der Waals surface area contributed by atoms with Crippen molar-refractivity contribution in [3.63, 3.8) is 0 Å². The Morgan fingerprint density at radius 3 is 2.12 bits per heavy atom. The number of hydrogen-bond donors (Lipinski definition) is 1. The average Bonchev–Trinajstić information content (AvgIpc) is 3.41. The van der Waals surface area contributed by atoms with Crippen LogP contribution in [-0.4, -0.2) is 40.4 Å². The molecule has 4 aliphatic rings. The van der Waals surface area contributed by atoms with Crippen molar-refractivity contribution in [2.75, 3.05) is 13.1 Å². The van der Waals surface area contributed by atoms with Crippen LogP contribution in [0.25, 0.3) is 0 Å². The highest BCUT2D eigenvalue weighted by Crippen LogP contribution is 2.64. The molecule has 8 rings (SSSR count). The summed E-state index contributed by atoms with van der Waals surface area (Å²) < 4.78 is 0. The van der Waals surface area contributed by atoms with E-state index in [1.54, 1.807) is 36.4 Å². The highest BCUT2D eigenvalue weighted by Gasteiger charge is 2.66. The summed E-state index contributed by atoms with van der Waals surface area (Å²) in [6.07, 6.45) is 0. The molecule has 1 N–H and O–H groups in total. The van der Waals surface area contributed by atoms with Crippen molar-refractivity contribution < 1.29 is 19.5 Å². The van der Waals surface area contributed by atoms with Crippen molar-refractivity contribution in [3.05, 3.63) is 153 Å². The van der Waals surface area contributed by atoms with E-state index in [0.717, 1.165) is 11.1 Å². The topological polar surface area (TPSA) is 74.7 Å². The molecule has 6 heteroatoms. The van der Waals surface area contributed by atoms with Gasteiger partial charge in [0.2, 0.25) is 0 Å². The molecule has 212 valence electrons. The summed E-state index contributed by atoms with van der Waals surface area (Å²) in [6, 6.07) is 31.8. The average molecular weight is 586 g/mol. The van der Waals surface area contributed by atoms with E-state index in [0.29, 0.717) is 52.5 Å². The number of ketones is 3. The molecule has 5 nitrogen and oxygen atoms in total. The molecule has 3 aliphatic carbocycles. The Morgan fingerprint density at radius 2 is 1.42 bits per heavy atom. The quantitative estimate of drug-likeness (QED) is 0.227. The van der Waals surface area contributed by atoms with Gasteiger partial charge in [0.15, 0.2) is 17.3 Å². The van der Waals surface area contributed by atoms with Crippen LogP contribution in [0.3, 0.4) is 0 Å². The van der Waals surface area contributed by atoms with E-state index in [4.69, 9.17) is 11.6 Å². The van der Waals surface area contributed by atoms with Gasteiger partial charge in [-0.2, -0.15) is 0 Å². The number of likely N-dealkylation sites (tertiary alicyclic amines) is 1. The number of hydrogen-bond acceptors (Lipinski definition) is 5. The maximum Gasteiger partial charge on any atom is 0.197 e. The van der Waals surface area contributed by atoms with Crippen LogP contribution >= 0.6 is 11.6 Å². The lowest BCUT2D eigenvalue weighted by molar-refractivity contribution is -0.107. The van der Waals surface area contributed by atoms with Crippen LogP contribution in [0.2, 0.25) is 5.02 Å². The Balaban J connectivity index is 1.40. The van der Waals surface area contributed by atoms with E-state index >= 15 is 0 Å². The van der Waals surface area contributed by atoms with Crippen LogP contribution in [-0.2, 0) is 12.1 Å². The normalized spacial score (nSPS) is 27.7. The summed E-state index contributed by atoms with van der Waals surface area (Å²) in [4.78, 5) is 44.7. The Bertz CT molecular complexity index is 1840. The maximum absolute atomic E-state index is 14.3. The smallest absolute Gasteiger partial charge is 0.197 e. The number of allylic oxidation sites excluding steroid dienone is 1. The molecular weight excluding hydrogens is 558 g/mol. The molecule has 1 saturated carbocycles. The zero-order valence-electron chi connectivity index (χ0n) is 23.2. The number of benzene rings is 4. The lowest BCUT2D eigenvalue weighted by Crippen LogP contribution is -2.60. The molecule has 1 saturated heterocycles. The van der Waals surface area contributed by atoms with Crippen LogP contribution in [0.1, 0.15) is 53.7 Å². The molecule has 0 aromatic heterocycles. The van der Waals surface area contributed by atoms with Gasteiger partial charge in [-0.3, -0.25) is 19.3 Å². The zero-order chi connectivity index (χ0) is 29.5. The lowest BCUT2D eigenvalue weighted by Gasteiger charge is -2.56. The first-order valence-electron chi connectivity index (χ1n) is 14.7. The third-order valence-corrected chi connectivity index (χ3v) is 10.3. The van der Waals surface area contributed by atoms with Crippen molar-refractivity contribution in [3.8, 4) is 0 Å². The van der Waals surface area contributed by atoms with Crippen LogP contribution in [0.5, 0.6) is 0 Å². The third kappa shape index (κ3) is 3.75. The predicted octanol–water partition coefficient (Wildman–Crippen LogP) is 6.26. The second-order valence-electron chi connectivity index (χ2n) is 12.2. The maximum atomic E-state index is 14.3. The number of carbonyl (C=O) groups excluding carboxylic acids is 3. The second kappa shape index (κ2) is 9.68. The summed E-state index contributed by atoms with van der Waals surface area (Å²) >= 11 is 6.53. The van der Waals surface area contributed by atoms with Gasteiger partial charge in [-0.15, -0.1) is 0 Å². The second-order valence-corrected chi connectivity index (χ2v) is 12.6. The summed E-state index contributed by atoms with van der Waals surface area (Å²) in [5, 5.41) is 13.6. The van der Waals surface area contributed by atoms with Gasteiger partial charge in [0.25, 0.3) is 0 Å². The fourth-order valence-electron chi connectivity index (χ4n) is 8.39. The number of carbonyl (C=O) groups is 3. The summed E-state index contributed by atoms with van der Waals surface area (Å²) in [5.74, 6) is -3.01. The van der Waals surface area contributed by atoms with Gasteiger partial charge in [-0.05, 0) is 34.4 Å². The lowest BCUT2D eigenvalue weighted by atomic mass is 9.53. The van der Waals surface area contributed by atoms with Crippen LogP contribution in [0.4, 0.5) is 0 Å². The monoisotopic (exact) mass is 585 g/mol. The van der Waals surface area contributed by atoms with Crippen LogP contribution < -0.4 is 0 Å². The molecule has 0 spiro atoms. The summed E-state index contributed by atoms with van der Waals surface area (Å²) in [6.45, 7) is 1.56. The number of nitrogens with zero attached hydrogens (tertiary/aromatic N) is 1. The standard InChI is InChI=1S/C37H28ClNO4/c38-23-12-8-11-22(17-23)30-27-19-39(18-21-9-2-1-3-10-21)20-29(37(43)28-16-7-6-15-26(28)36(42)33(30)37)31(27)32-34(40)24-13-4-5-14-25(24)35(32)41/h1-17,27,29-30,33,43H,18-20H2/t27-,29-,30+,33+,37-/m1/s1. The van der Waals surface area contributed by atoms with Crippen molar-refractivity contribution in [2.45, 2.75) is 18.1 Å². The first kappa shape index (κ1) is 26.5. The number of rotatable bonds is 3. The SMILES string of the molecule is O=C1C(=C2[C@H]3CN(Cc4ccccc4)C[C@@H]2[C@H](c2cccc(Cl)c2)[C@H]2C(=O)c4ccccc4[C@@]32O)C(=O)c2ccccc21. The molecule has 5 atom stereocenters. The predicted molar refractivity (Wildman–Crippen MR) is 163 cm³/mol. The summed E-state index contributed by atoms with van der Waals surface area (Å²) in [7, 11) is 0. The number of piperidine rings is 1. The minimum Gasteiger partial charge on any atom is -0.384 e. The molecule has 0 unspecified atom stereocenters. The van der Waals surface area contributed by atoms with Crippen molar-refractivity contribution in [1.29, 1.82) is 0 Å². The Kier molecular flexibility index (Phi) is 5.96. The Hall–Kier alpha value is -4.16. The molecule has 0 amide bonds. The minimum atomic E-state index is -1.62. The van der Waals surface area contributed by atoms with Crippen molar-refractivity contribution in [2.24, 2.45) is 17.8 Å². The van der Waals surface area contributed by atoms with Gasteiger partial charge in [-0.1, -0.05) is 103 Å². The highest BCUT2D eigenvalue weighted by molar-refractivity contribution is 6.40. The fraction of sp³-hybridized carbons (Fsp3) is 0.216. The van der Waals surface area contributed by atoms with Gasteiger partial charge in [0.1, 0.15) is 5.60 Å². The van der Waals surface area contributed by atoms with Gasteiger partial charge in [-0.25, -0.2) is 0 Å².